The highest BCUT2D eigenvalue weighted by atomic mass is 35.5. The standard InChI is InChI=1S/C22H26ClN5/c1-15-19-4-2-3-5-20(19)25-13-22-27(15)14-26-28(22)18-8-6-16(7-9-18)21-12-17(23)10-11-24-21/h3,5,10-16,18-19H,2,4,6-9H2,1H3. The number of hydrogen-bond donors (Lipinski definition) is 0. The number of rotatable bonds is 2. The minimum absolute atomic E-state index is 0.387. The Kier molecular flexibility index (Phi) is 4.71. The Labute approximate surface area is 171 Å². The largest absolute Gasteiger partial charge is 0.311 e. The average Bonchev–Trinajstić information content (AvgIpc) is 3.10. The maximum Gasteiger partial charge on any atom is 0.149 e. The molecule has 6 heteroatoms. The molecular formula is C22H26ClN5. The summed E-state index contributed by atoms with van der Waals surface area (Å²) in [6, 6.07) is 4.67. The molecule has 0 spiro atoms. The van der Waals surface area contributed by atoms with Crippen LogP contribution in [0.5, 0.6) is 0 Å². The lowest BCUT2D eigenvalue weighted by molar-refractivity contribution is 0.169. The van der Waals surface area contributed by atoms with E-state index >= 15 is 0 Å². The van der Waals surface area contributed by atoms with Gasteiger partial charge in [0.15, 0.2) is 0 Å². The fourth-order valence-electron chi connectivity index (χ4n) is 5.03. The third-order valence-electron chi connectivity index (χ3n) is 6.67. The van der Waals surface area contributed by atoms with Gasteiger partial charge in [-0.05, 0) is 63.7 Å². The van der Waals surface area contributed by atoms with Crippen LogP contribution in [0.25, 0.3) is 0 Å². The minimum atomic E-state index is 0.387. The van der Waals surface area contributed by atoms with Crippen LogP contribution >= 0.6 is 11.6 Å². The van der Waals surface area contributed by atoms with Crippen molar-refractivity contribution in [2.24, 2.45) is 16.0 Å². The number of halogens is 1. The van der Waals surface area contributed by atoms with E-state index in [2.05, 4.69) is 34.0 Å². The second-order valence-corrected chi connectivity index (χ2v) is 8.69. The zero-order valence-electron chi connectivity index (χ0n) is 16.2. The van der Waals surface area contributed by atoms with E-state index in [9.17, 15) is 0 Å². The quantitative estimate of drug-likeness (QED) is 0.713. The highest BCUT2D eigenvalue weighted by molar-refractivity contribution is 6.30. The molecule has 0 N–H and O–H groups in total. The van der Waals surface area contributed by atoms with Crippen molar-refractivity contribution in [1.82, 2.24) is 14.9 Å². The van der Waals surface area contributed by atoms with E-state index in [1.54, 1.807) is 0 Å². The smallest absolute Gasteiger partial charge is 0.149 e. The van der Waals surface area contributed by atoms with Gasteiger partial charge in [-0.1, -0.05) is 17.7 Å². The van der Waals surface area contributed by atoms with Crippen molar-refractivity contribution >= 4 is 23.7 Å². The second kappa shape index (κ2) is 7.36. The predicted octanol–water partition coefficient (Wildman–Crippen LogP) is 4.93. The summed E-state index contributed by atoms with van der Waals surface area (Å²) >= 11 is 6.16. The van der Waals surface area contributed by atoms with E-state index in [1.807, 2.05) is 30.9 Å². The Morgan fingerprint density at radius 3 is 2.82 bits per heavy atom. The molecule has 4 aliphatic rings. The van der Waals surface area contributed by atoms with Gasteiger partial charge in [0.25, 0.3) is 0 Å². The third-order valence-corrected chi connectivity index (χ3v) is 6.90. The van der Waals surface area contributed by atoms with Crippen LogP contribution in [0.2, 0.25) is 5.02 Å². The van der Waals surface area contributed by atoms with Crippen molar-refractivity contribution in [3.8, 4) is 0 Å². The van der Waals surface area contributed by atoms with Gasteiger partial charge in [-0.3, -0.25) is 9.98 Å². The summed E-state index contributed by atoms with van der Waals surface area (Å²) < 4.78 is 0. The van der Waals surface area contributed by atoms with Gasteiger partial charge in [0.05, 0.1) is 12.2 Å². The van der Waals surface area contributed by atoms with Gasteiger partial charge in [-0.2, -0.15) is 5.10 Å². The fraction of sp³-hybridized carbons (Fsp3) is 0.500. The molecule has 1 aromatic heterocycles. The van der Waals surface area contributed by atoms with Crippen LogP contribution in [0.1, 0.15) is 57.1 Å². The van der Waals surface area contributed by atoms with Crippen LogP contribution in [0, 0.1) is 5.92 Å². The van der Waals surface area contributed by atoms with Gasteiger partial charge < -0.3 is 4.90 Å². The Hall–Kier alpha value is -2.14. The number of hydrazone groups is 1. The molecule has 5 nitrogen and oxygen atoms in total. The molecule has 0 saturated heterocycles. The summed E-state index contributed by atoms with van der Waals surface area (Å²) in [5, 5.41) is 7.78. The number of aromatic nitrogens is 1. The van der Waals surface area contributed by atoms with Crippen LogP contribution in [-0.4, -0.2) is 39.0 Å². The first-order valence-electron chi connectivity index (χ1n) is 10.4. The van der Waals surface area contributed by atoms with Crippen LogP contribution < -0.4 is 0 Å². The molecule has 0 aromatic carbocycles. The van der Waals surface area contributed by atoms with Gasteiger partial charge in [0, 0.05) is 40.5 Å². The molecule has 3 heterocycles. The highest BCUT2D eigenvalue weighted by Crippen LogP contribution is 2.39. The van der Waals surface area contributed by atoms with E-state index < -0.39 is 0 Å². The van der Waals surface area contributed by atoms with Crippen molar-refractivity contribution in [2.75, 3.05) is 0 Å². The molecule has 2 aliphatic heterocycles. The molecule has 1 saturated carbocycles. The maximum absolute atomic E-state index is 6.16. The van der Waals surface area contributed by atoms with Gasteiger partial charge in [0.2, 0.25) is 0 Å². The molecule has 28 heavy (non-hydrogen) atoms. The predicted molar refractivity (Wildman–Crippen MR) is 113 cm³/mol. The Balaban J connectivity index is 1.31. The molecule has 1 fully saturated rings. The molecule has 1 aromatic rings. The molecule has 5 rings (SSSR count). The highest BCUT2D eigenvalue weighted by Gasteiger charge is 2.38. The number of aliphatic imine (C=N–C) groups is 1. The first kappa shape index (κ1) is 17.9. The lowest BCUT2D eigenvalue weighted by Crippen LogP contribution is -2.41. The molecule has 0 amide bonds. The summed E-state index contributed by atoms with van der Waals surface area (Å²) in [5.41, 5.74) is 2.34. The second-order valence-electron chi connectivity index (χ2n) is 8.26. The molecule has 2 unspecified atom stereocenters. The van der Waals surface area contributed by atoms with E-state index in [4.69, 9.17) is 21.7 Å². The van der Waals surface area contributed by atoms with E-state index in [-0.39, 0.29) is 0 Å². The van der Waals surface area contributed by atoms with Crippen LogP contribution in [0.4, 0.5) is 0 Å². The third kappa shape index (κ3) is 3.16. The summed E-state index contributed by atoms with van der Waals surface area (Å²) in [6.45, 7) is 2.30. The zero-order valence-corrected chi connectivity index (χ0v) is 17.0. The van der Waals surface area contributed by atoms with Gasteiger partial charge in [-0.25, -0.2) is 5.01 Å². The van der Waals surface area contributed by atoms with Gasteiger partial charge in [0.1, 0.15) is 12.2 Å². The summed E-state index contributed by atoms with van der Waals surface area (Å²) in [5.74, 6) is 2.11. The fourth-order valence-corrected chi connectivity index (χ4v) is 5.20. The number of fused-ring (bicyclic) bond motifs is 2. The van der Waals surface area contributed by atoms with Gasteiger partial charge >= 0.3 is 0 Å². The number of pyridine rings is 1. The molecule has 2 atom stereocenters. The van der Waals surface area contributed by atoms with Crippen molar-refractivity contribution in [1.29, 1.82) is 0 Å². The minimum Gasteiger partial charge on any atom is -0.311 e. The summed E-state index contributed by atoms with van der Waals surface area (Å²) in [7, 11) is 0. The topological polar surface area (TPSA) is 44.1 Å². The summed E-state index contributed by atoms with van der Waals surface area (Å²) in [6.07, 6.45) is 17.1. The number of hydrogen-bond acceptors (Lipinski definition) is 5. The first-order valence-corrected chi connectivity index (χ1v) is 10.8. The van der Waals surface area contributed by atoms with E-state index in [0.717, 1.165) is 48.6 Å². The molecule has 0 bridgehead atoms. The van der Waals surface area contributed by atoms with Crippen LogP contribution in [0.3, 0.4) is 0 Å². The molecular weight excluding hydrogens is 370 g/mol. The lowest BCUT2D eigenvalue weighted by Gasteiger charge is -2.36. The normalized spacial score (nSPS) is 31.8. The van der Waals surface area contributed by atoms with Crippen LogP contribution in [0.15, 0.2) is 52.6 Å². The maximum atomic E-state index is 6.16. The Morgan fingerprint density at radius 1 is 1.14 bits per heavy atom. The first-order chi connectivity index (χ1) is 13.7. The SMILES string of the molecule is CC1C2CCC=CC2=NC=C2N1C=NN2C1CCC(c2cc(Cl)ccn2)CC1. The average molecular weight is 396 g/mol. The van der Waals surface area contributed by atoms with Crippen molar-refractivity contribution in [3.63, 3.8) is 0 Å². The number of allylic oxidation sites excluding steroid dienone is 2. The molecule has 146 valence electrons. The van der Waals surface area contributed by atoms with Crippen LogP contribution in [-0.2, 0) is 0 Å². The van der Waals surface area contributed by atoms with E-state index in [1.165, 1.54) is 12.1 Å². The monoisotopic (exact) mass is 395 g/mol. The van der Waals surface area contributed by atoms with Crippen molar-refractivity contribution in [3.05, 3.63) is 53.2 Å². The molecule has 0 radical (unpaired) electrons. The molecule has 2 aliphatic carbocycles. The van der Waals surface area contributed by atoms with E-state index in [0.29, 0.717) is 23.9 Å². The van der Waals surface area contributed by atoms with Crippen molar-refractivity contribution < 1.29 is 0 Å². The zero-order chi connectivity index (χ0) is 19.1. The van der Waals surface area contributed by atoms with Crippen molar-refractivity contribution in [2.45, 2.75) is 63.5 Å². The Morgan fingerprint density at radius 2 is 2.00 bits per heavy atom. The van der Waals surface area contributed by atoms with Gasteiger partial charge in [-0.15, -0.1) is 0 Å². The number of nitrogens with zero attached hydrogens (tertiary/aromatic N) is 5. The summed E-state index contributed by atoms with van der Waals surface area (Å²) in [4.78, 5) is 11.7. The Bertz CT molecular complexity index is 865. The lowest BCUT2D eigenvalue weighted by atomic mass is 9.83.